The summed E-state index contributed by atoms with van der Waals surface area (Å²) < 4.78 is 45.2. The average Bonchev–Trinajstić information content (AvgIpc) is 3.34. The van der Waals surface area contributed by atoms with Gasteiger partial charge in [0, 0.05) is 24.3 Å². The van der Waals surface area contributed by atoms with Crippen LogP contribution in [0.5, 0.6) is 0 Å². The van der Waals surface area contributed by atoms with Crippen LogP contribution in [-0.2, 0) is 10.9 Å². The lowest BCUT2D eigenvalue weighted by Gasteiger charge is -2.31. The van der Waals surface area contributed by atoms with Crippen LogP contribution in [0.1, 0.15) is 25.6 Å². The molecule has 6 nitrogen and oxygen atoms in total. The average molecular weight is 475 g/mol. The Morgan fingerprint density at radius 2 is 1.73 bits per heavy atom. The van der Waals surface area contributed by atoms with E-state index in [9.17, 15) is 22.8 Å². The minimum atomic E-state index is -4.55. The summed E-state index contributed by atoms with van der Waals surface area (Å²) in [5.74, 6) is -0.897. The number of thiophene rings is 1. The van der Waals surface area contributed by atoms with Crippen molar-refractivity contribution < 1.29 is 27.5 Å². The molecule has 0 bridgehead atoms. The molecule has 0 unspecified atom stereocenters. The van der Waals surface area contributed by atoms with Gasteiger partial charge in [0.25, 0.3) is 11.8 Å². The maximum Gasteiger partial charge on any atom is 0.416 e. The molecule has 172 valence electrons. The van der Waals surface area contributed by atoms with Crippen LogP contribution in [0.3, 0.4) is 0 Å². The number of alkyl halides is 3. The summed E-state index contributed by atoms with van der Waals surface area (Å²) in [6.45, 7) is 1.89. The van der Waals surface area contributed by atoms with Gasteiger partial charge in [-0.2, -0.15) is 13.2 Å². The monoisotopic (exact) mass is 475 g/mol. The molecule has 0 saturated carbocycles. The molecule has 3 aromatic rings. The molecule has 2 N–H and O–H groups in total. The number of nitrogens with one attached hydrogen (secondary N) is 2. The number of hydrogen-bond acceptors (Lipinski definition) is 5. The smallest absolute Gasteiger partial charge is 0.378 e. The van der Waals surface area contributed by atoms with E-state index in [0.29, 0.717) is 42.6 Å². The zero-order valence-electron chi connectivity index (χ0n) is 17.3. The first-order valence-corrected chi connectivity index (χ1v) is 11.0. The van der Waals surface area contributed by atoms with Gasteiger partial charge in [-0.25, -0.2) is 0 Å². The third-order valence-electron chi connectivity index (χ3n) is 5.05. The number of halogens is 3. The molecule has 0 atom stereocenters. The van der Waals surface area contributed by atoms with Gasteiger partial charge in [-0.3, -0.25) is 9.59 Å². The van der Waals surface area contributed by atoms with Gasteiger partial charge < -0.3 is 20.3 Å². The molecule has 0 radical (unpaired) electrons. The zero-order valence-corrected chi connectivity index (χ0v) is 18.1. The zero-order chi connectivity index (χ0) is 23.4. The molecule has 1 aliphatic heterocycles. The molecule has 1 fully saturated rings. The van der Waals surface area contributed by atoms with Crippen LogP contribution in [0.25, 0.3) is 0 Å². The van der Waals surface area contributed by atoms with Crippen LogP contribution in [0.15, 0.2) is 60.0 Å². The Balaban J connectivity index is 1.57. The second kappa shape index (κ2) is 9.63. The van der Waals surface area contributed by atoms with Gasteiger partial charge in [0.1, 0.15) is 0 Å². The molecule has 2 amide bonds. The van der Waals surface area contributed by atoms with Crippen LogP contribution in [0, 0.1) is 0 Å². The lowest BCUT2D eigenvalue weighted by Crippen LogP contribution is -2.36. The second-order valence-corrected chi connectivity index (χ2v) is 8.24. The standard InChI is InChI=1S/C23H20F3N3O3S/c24-23(25,26)16-6-7-19(29-8-10-32-11-9-29)18(14-16)28-21(30)15-3-1-4-17(13-15)27-22(31)20-5-2-12-33-20/h1-7,12-14H,8-11H2,(H,27,31)(H,28,30). The molecule has 2 aromatic carbocycles. The lowest BCUT2D eigenvalue weighted by atomic mass is 10.1. The largest absolute Gasteiger partial charge is 0.416 e. The molecule has 0 aliphatic carbocycles. The van der Waals surface area contributed by atoms with Crippen LogP contribution in [0.4, 0.5) is 30.2 Å². The summed E-state index contributed by atoms with van der Waals surface area (Å²) in [6.07, 6.45) is -4.55. The topological polar surface area (TPSA) is 70.7 Å². The number of ether oxygens (including phenoxy) is 1. The molecule has 1 aliphatic rings. The van der Waals surface area contributed by atoms with Crippen molar-refractivity contribution in [2.24, 2.45) is 0 Å². The van der Waals surface area contributed by atoms with Crippen molar-refractivity contribution in [2.45, 2.75) is 6.18 Å². The quantitative estimate of drug-likeness (QED) is 0.538. The third kappa shape index (κ3) is 5.52. The van der Waals surface area contributed by atoms with Gasteiger partial charge in [0.05, 0.1) is 35.0 Å². The van der Waals surface area contributed by atoms with Gasteiger partial charge in [-0.1, -0.05) is 12.1 Å². The number of rotatable bonds is 5. The van der Waals surface area contributed by atoms with Gasteiger partial charge in [-0.15, -0.1) is 11.3 Å². The number of carbonyl (C=O) groups excluding carboxylic acids is 2. The van der Waals surface area contributed by atoms with Gasteiger partial charge in [0.15, 0.2) is 0 Å². The van der Waals surface area contributed by atoms with E-state index in [1.807, 2.05) is 4.90 Å². The summed E-state index contributed by atoms with van der Waals surface area (Å²) in [7, 11) is 0. The fourth-order valence-corrected chi connectivity index (χ4v) is 4.04. The molecular weight excluding hydrogens is 455 g/mol. The maximum absolute atomic E-state index is 13.3. The summed E-state index contributed by atoms with van der Waals surface area (Å²) in [5.41, 5.74) is 0.293. The number of amides is 2. The van der Waals surface area contributed by atoms with Crippen LogP contribution < -0.4 is 15.5 Å². The number of morpholine rings is 1. The summed E-state index contributed by atoms with van der Waals surface area (Å²) in [5, 5.41) is 7.11. The number of carbonyl (C=O) groups is 2. The summed E-state index contributed by atoms with van der Waals surface area (Å²) in [6, 6.07) is 13.0. The van der Waals surface area contributed by atoms with Crippen molar-refractivity contribution >= 4 is 40.2 Å². The molecule has 4 rings (SSSR count). The molecule has 33 heavy (non-hydrogen) atoms. The fourth-order valence-electron chi connectivity index (χ4n) is 3.43. The van der Waals surface area contributed by atoms with Crippen molar-refractivity contribution in [3.8, 4) is 0 Å². The van der Waals surface area contributed by atoms with E-state index in [1.165, 1.54) is 29.5 Å². The first kappa shape index (κ1) is 22.8. The van der Waals surface area contributed by atoms with Crippen molar-refractivity contribution in [1.29, 1.82) is 0 Å². The van der Waals surface area contributed by atoms with Crippen molar-refractivity contribution in [1.82, 2.24) is 0 Å². The van der Waals surface area contributed by atoms with Gasteiger partial charge in [0.2, 0.25) is 0 Å². The van der Waals surface area contributed by atoms with Crippen LogP contribution >= 0.6 is 11.3 Å². The van der Waals surface area contributed by atoms with Gasteiger partial charge >= 0.3 is 6.18 Å². The minimum absolute atomic E-state index is 0.0600. The Hall–Kier alpha value is -3.37. The van der Waals surface area contributed by atoms with Crippen molar-refractivity contribution in [3.63, 3.8) is 0 Å². The molecule has 0 spiro atoms. The Morgan fingerprint density at radius 1 is 0.939 bits per heavy atom. The fraction of sp³-hybridized carbons (Fsp3) is 0.217. The second-order valence-electron chi connectivity index (χ2n) is 7.30. The Kier molecular flexibility index (Phi) is 6.66. The van der Waals surface area contributed by atoms with E-state index in [-0.39, 0.29) is 17.2 Å². The normalized spacial score (nSPS) is 14.1. The third-order valence-corrected chi connectivity index (χ3v) is 5.92. The summed E-state index contributed by atoms with van der Waals surface area (Å²) in [4.78, 5) is 27.6. The minimum Gasteiger partial charge on any atom is -0.378 e. The van der Waals surface area contributed by atoms with E-state index >= 15 is 0 Å². The lowest BCUT2D eigenvalue weighted by molar-refractivity contribution is -0.137. The highest BCUT2D eigenvalue weighted by molar-refractivity contribution is 7.12. The molecule has 2 heterocycles. The highest BCUT2D eigenvalue weighted by atomic mass is 32.1. The van der Waals surface area contributed by atoms with E-state index < -0.39 is 17.6 Å². The Morgan fingerprint density at radius 3 is 2.42 bits per heavy atom. The highest BCUT2D eigenvalue weighted by Crippen LogP contribution is 2.36. The Bertz CT molecular complexity index is 1140. The highest BCUT2D eigenvalue weighted by Gasteiger charge is 2.32. The molecule has 10 heteroatoms. The van der Waals surface area contributed by atoms with E-state index in [0.717, 1.165) is 12.1 Å². The van der Waals surface area contributed by atoms with E-state index in [2.05, 4.69) is 10.6 Å². The molecule has 1 saturated heterocycles. The SMILES string of the molecule is O=C(Nc1cc(C(F)(F)F)ccc1N1CCOCC1)c1cccc(NC(=O)c2cccs2)c1. The van der Waals surface area contributed by atoms with E-state index in [4.69, 9.17) is 4.74 Å². The predicted molar refractivity (Wildman–Crippen MR) is 121 cm³/mol. The van der Waals surface area contributed by atoms with Crippen molar-refractivity contribution in [3.05, 3.63) is 76.0 Å². The van der Waals surface area contributed by atoms with E-state index in [1.54, 1.807) is 29.6 Å². The maximum atomic E-state index is 13.3. The first-order chi connectivity index (χ1) is 15.8. The Labute approximate surface area is 192 Å². The van der Waals surface area contributed by atoms with Gasteiger partial charge in [-0.05, 0) is 47.8 Å². The summed E-state index contributed by atoms with van der Waals surface area (Å²) >= 11 is 1.28. The van der Waals surface area contributed by atoms with Crippen LogP contribution in [0.2, 0.25) is 0 Å². The van der Waals surface area contributed by atoms with Crippen LogP contribution in [-0.4, -0.2) is 38.1 Å². The number of hydrogen-bond donors (Lipinski definition) is 2. The molecule has 1 aromatic heterocycles. The number of benzene rings is 2. The number of nitrogens with zero attached hydrogens (tertiary/aromatic N) is 1. The van der Waals surface area contributed by atoms with Crippen molar-refractivity contribution in [2.75, 3.05) is 41.8 Å². The predicted octanol–water partition coefficient (Wildman–Crippen LogP) is 5.11. The first-order valence-electron chi connectivity index (χ1n) is 10.1. The number of anilines is 3. The molecular formula is C23H20F3N3O3S.